The summed E-state index contributed by atoms with van der Waals surface area (Å²) in [6.45, 7) is 4.95. The zero-order chi connectivity index (χ0) is 13.5. The van der Waals surface area contributed by atoms with Gasteiger partial charge in [-0.3, -0.25) is 0 Å². The molecule has 3 nitrogen and oxygen atoms in total. The molecule has 0 spiro atoms. The largest absolute Gasteiger partial charge is 0.493 e. The molecule has 2 rings (SSSR count). The van der Waals surface area contributed by atoms with Gasteiger partial charge in [-0.15, -0.1) is 0 Å². The molecule has 0 bridgehead atoms. The molecule has 1 fully saturated rings. The van der Waals surface area contributed by atoms with Gasteiger partial charge in [-0.05, 0) is 31.9 Å². The maximum Gasteiger partial charge on any atom is 0.125 e. The molecule has 1 saturated carbocycles. The Hall–Kier alpha value is -0.770. The molecule has 1 aromatic rings. The van der Waals surface area contributed by atoms with E-state index in [4.69, 9.17) is 21.1 Å². The number of hydrogen-bond donors (Lipinski definition) is 1. The summed E-state index contributed by atoms with van der Waals surface area (Å²) in [6.07, 6.45) is 3.44. The minimum atomic E-state index is 0.663. The molecule has 1 aromatic carbocycles. The van der Waals surface area contributed by atoms with Gasteiger partial charge in [0.1, 0.15) is 5.75 Å². The van der Waals surface area contributed by atoms with Crippen LogP contribution >= 0.6 is 11.6 Å². The standard InChI is InChI=1S/C15H22ClNO2/c1-2-18-9-4-10-19-15-6-3-5-14(16)13(15)11-17-12-7-8-12/h3,5-6,12,17H,2,4,7-11H2,1H3. The topological polar surface area (TPSA) is 30.5 Å². The highest BCUT2D eigenvalue weighted by molar-refractivity contribution is 6.31. The van der Waals surface area contributed by atoms with E-state index < -0.39 is 0 Å². The second-order valence-corrected chi connectivity index (χ2v) is 5.18. The Morgan fingerprint density at radius 3 is 2.89 bits per heavy atom. The van der Waals surface area contributed by atoms with Gasteiger partial charge in [-0.1, -0.05) is 17.7 Å². The lowest BCUT2D eigenvalue weighted by Crippen LogP contribution is -2.16. The second-order valence-electron chi connectivity index (χ2n) is 4.77. The van der Waals surface area contributed by atoms with Gasteiger partial charge in [0, 0.05) is 42.8 Å². The molecule has 0 heterocycles. The predicted octanol–water partition coefficient (Wildman–Crippen LogP) is 3.40. The summed E-state index contributed by atoms with van der Waals surface area (Å²) in [6, 6.07) is 6.50. The van der Waals surface area contributed by atoms with Crippen molar-refractivity contribution < 1.29 is 9.47 Å². The summed E-state index contributed by atoms with van der Waals surface area (Å²) in [5, 5.41) is 4.25. The lowest BCUT2D eigenvalue weighted by molar-refractivity contribution is 0.130. The quantitative estimate of drug-likeness (QED) is 0.705. The van der Waals surface area contributed by atoms with Crippen LogP contribution in [0.1, 0.15) is 31.7 Å². The molecular formula is C15H22ClNO2. The van der Waals surface area contributed by atoms with E-state index in [0.29, 0.717) is 12.6 Å². The molecule has 0 atom stereocenters. The highest BCUT2D eigenvalue weighted by Crippen LogP contribution is 2.28. The van der Waals surface area contributed by atoms with Gasteiger partial charge in [0.25, 0.3) is 0 Å². The number of ether oxygens (including phenoxy) is 2. The Bertz CT molecular complexity index is 394. The monoisotopic (exact) mass is 283 g/mol. The fourth-order valence-corrected chi connectivity index (χ4v) is 2.10. The normalized spacial score (nSPS) is 14.6. The van der Waals surface area contributed by atoms with Crippen LogP contribution in [-0.4, -0.2) is 25.9 Å². The molecule has 19 heavy (non-hydrogen) atoms. The zero-order valence-corrected chi connectivity index (χ0v) is 12.2. The van der Waals surface area contributed by atoms with Crippen molar-refractivity contribution in [2.45, 2.75) is 38.8 Å². The van der Waals surface area contributed by atoms with Crippen molar-refractivity contribution >= 4 is 11.6 Å². The molecular weight excluding hydrogens is 262 g/mol. The minimum Gasteiger partial charge on any atom is -0.493 e. The van der Waals surface area contributed by atoms with Crippen molar-refractivity contribution in [3.05, 3.63) is 28.8 Å². The Balaban J connectivity index is 1.84. The highest BCUT2D eigenvalue weighted by atomic mass is 35.5. The van der Waals surface area contributed by atoms with Crippen LogP contribution in [0.3, 0.4) is 0 Å². The molecule has 1 N–H and O–H groups in total. The number of hydrogen-bond acceptors (Lipinski definition) is 3. The zero-order valence-electron chi connectivity index (χ0n) is 11.5. The highest BCUT2D eigenvalue weighted by Gasteiger charge is 2.21. The SMILES string of the molecule is CCOCCCOc1cccc(Cl)c1CNC1CC1. The van der Waals surface area contributed by atoms with Crippen LogP contribution in [0.15, 0.2) is 18.2 Å². The van der Waals surface area contributed by atoms with Crippen LogP contribution in [0.4, 0.5) is 0 Å². The average Bonchev–Trinajstić information content (AvgIpc) is 3.22. The molecule has 106 valence electrons. The van der Waals surface area contributed by atoms with E-state index in [1.54, 1.807) is 0 Å². The lowest BCUT2D eigenvalue weighted by atomic mass is 10.2. The molecule has 1 aliphatic carbocycles. The van der Waals surface area contributed by atoms with Crippen molar-refractivity contribution in [3.63, 3.8) is 0 Å². The average molecular weight is 284 g/mol. The summed E-state index contributed by atoms with van der Waals surface area (Å²) in [5.74, 6) is 0.886. The number of halogens is 1. The maximum absolute atomic E-state index is 6.25. The first-order valence-corrected chi connectivity index (χ1v) is 7.40. The fourth-order valence-electron chi connectivity index (χ4n) is 1.87. The molecule has 0 aromatic heterocycles. The van der Waals surface area contributed by atoms with E-state index in [1.807, 2.05) is 25.1 Å². The first-order chi connectivity index (χ1) is 9.31. The van der Waals surface area contributed by atoms with E-state index in [-0.39, 0.29) is 0 Å². The number of rotatable bonds is 9. The first kappa shape index (κ1) is 14.6. The third-order valence-corrected chi connectivity index (χ3v) is 3.47. The summed E-state index contributed by atoms with van der Waals surface area (Å²) in [7, 11) is 0. The fraction of sp³-hybridized carbons (Fsp3) is 0.600. The third-order valence-electron chi connectivity index (χ3n) is 3.12. The van der Waals surface area contributed by atoms with Gasteiger partial charge >= 0.3 is 0 Å². The van der Waals surface area contributed by atoms with Crippen LogP contribution in [0.5, 0.6) is 5.75 Å². The van der Waals surface area contributed by atoms with Crippen molar-refractivity contribution in [1.82, 2.24) is 5.32 Å². The Morgan fingerprint density at radius 1 is 1.32 bits per heavy atom. The summed E-state index contributed by atoms with van der Waals surface area (Å²) >= 11 is 6.25. The van der Waals surface area contributed by atoms with E-state index >= 15 is 0 Å². The lowest BCUT2D eigenvalue weighted by Gasteiger charge is -2.13. The van der Waals surface area contributed by atoms with Crippen LogP contribution < -0.4 is 10.1 Å². The molecule has 0 saturated heterocycles. The van der Waals surface area contributed by atoms with Crippen LogP contribution in [0.2, 0.25) is 5.02 Å². The van der Waals surface area contributed by atoms with E-state index in [0.717, 1.165) is 42.5 Å². The van der Waals surface area contributed by atoms with Crippen molar-refractivity contribution in [2.24, 2.45) is 0 Å². The third kappa shape index (κ3) is 5.01. The number of nitrogens with one attached hydrogen (secondary N) is 1. The Labute approximate surface area is 120 Å². The molecule has 4 heteroatoms. The van der Waals surface area contributed by atoms with E-state index in [1.165, 1.54) is 12.8 Å². The van der Waals surface area contributed by atoms with Gasteiger partial charge in [-0.2, -0.15) is 0 Å². The van der Waals surface area contributed by atoms with Crippen LogP contribution in [0.25, 0.3) is 0 Å². The molecule has 0 aliphatic heterocycles. The van der Waals surface area contributed by atoms with Crippen molar-refractivity contribution in [2.75, 3.05) is 19.8 Å². The summed E-state index contributed by atoms with van der Waals surface area (Å²) in [4.78, 5) is 0. The van der Waals surface area contributed by atoms with Gasteiger partial charge in [0.15, 0.2) is 0 Å². The van der Waals surface area contributed by atoms with Crippen LogP contribution in [0, 0.1) is 0 Å². The Kier molecular flexibility index (Phi) is 5.95. The molecule has 1 aliphatic rings. The number of benzene rings is 1. The van der Waals surface area contributed by atoms with Crippen LogP contribution in [-0.2, 0) is 11.3 Å². The smallest absolute Gasteiger partial charge is 0.125 e. The first-order valence-electron chi connectivity index (χ1n) is 7.02. The van der Waals surface area contributed by atoms with E-state index in [2.05, 4.69) is 5.32 Å². The predicted molar refractivity (Wildman–Crippen MR) is 77.9 cm³/mol. The van der Waals surface area contributed by atoms with Gasteiger partial charge < -0.3 is 14.8 Å². The van der Waals surface area contributed by atoms with Gasteiger partial charge in [0.2, 0.25) is 0 Å². The van der Waals surface area contributed by atoms with E-state index in [9.17, 15) is 0 Å². The minimum absolute atomic E-state index is 0.663. The summed E-state index contributed by atoms with van der Waals surface area (Å²) in [5.41, 5.74) is 1.06. The summed E-state index contributed by atoms with van der Waals surface area (Å²) < 4.78 is 11.1. The van der Waals surface area contributed by atoms with Gasteiger partial charge in [-0.25, -0.2) is 0 Å². The maximum atomic E-state index is 6.25. The van der Waals surface area contributed by atoms with Crippen molar-refractivity contribution in [3.8, 4) is 5.75 Å². The second kappa shape index (κ2) is 7.73. The molecule has 0 radical (unpaired) electrons. The Morgan fingerprint density at radius 2 is 2.16 bits per heavy atom. The van der Waals surface area contributed by atoms with Gasteiger partial charge in [0.05, 0.1) is 6.61 Å². The van der Waals surface area contributed by atoms with Crippen molar-refractivity contribution in [1.29, 1.82) is 0 Å². The molecule has 0 amide bonds. The molecule has 0 unspecified atom stereocenters.